The predicted octanol–water partition coefficient (Wildman–Crippen LogP) is 5.05. The van der Waals surface area contributed by atoms with Crippen LogP contribution < -0.4 is 15.5 Å². The van der Waals surface area contributed by atoms with Crippen LogP contribution in [-0.2, 0) is 5.41 Å². The molecule has 1 aliphatic heterocycles. The van der Waals surface area contributed by atoms with Crippen LogP contribution in [0.4, 0.5) is 27.7 Å². The summed E-state index contributed by atoms with van der Waals surface area (Å²) in [6, 6.07) is 15.2. The molecule has 3 heterocycles. The van der Waals surface area contributed by atoms with E-state index in [1.807, 2.05) is 36.4 Å². The van der Waals surface area contributed by atoms with Crippen molar-refractivity contribution in [3.63, 3.8) is 0 Å². The van der Waals surface area contributed by atoms with E-state index in [9.17, 15) is 14.7 Å². The predicted molar refractivity (Wildman–Crippen MR) is 149 cm³/mol. The van der Waals surface area contributed by atoms with Gasteiger partial charge in [-0.15, -0.1) is 0 Å². The van der Waals surface area contributed by atoms with Crippen molar-refractivity contribution >= 4 is 45.8 Å². The molecule has 2 amide bonds. The maximum Gasteiger partial charge on any atom is 0.407 e. The van der Waals surface area contributed by atoms with E-state index in [0.29, 0.717) is 43.2 Å². The molecule has 5 rings (SSSR count). The Morgan fingerprint density at radius 1 is 1.00 bits per heavy atom. The Hall–Kier alpha value is -4.60. The molecular formula is C28H31N7O3. The minimum atomic E-state index is -0.896. The highest BCUT2D eigenvalue weighted by atomic mass is 16.4. The summed E-state index contributed by atoms with van der Waals surface area (Å²) in [5.41, 5.74) is 4.74. The summed E-state index contributed by atoms with van der Waals surface area (Å²) < 4.78 is 0. The molecule has 2 aromatic carbocycles. The Morgan fingerprint density at radius 3 is 2.50 bits per heavy atom. The van der Waals surface area contributed by atoms with Crippen LogP contribution in [0.1, 0.15) is 36.7 Å². The summed E-state index contributed by atoms with van der Waals surface area (Å²) >= 11 is 0. The zero-order chi connectivity index (χ0) is 26.9. The van der Waals surface area contributed by atoms with E-state index >= 15 is 0 Å². The molecule has 0 radical (unpaired) electrons. The molecule has 0 saturated carbocycles. The lowest BCUT2D eigenvalue weighted by Crippen LogP contribution is -2.48. The Balaban J connectivity index is 1.38. The van der Waals surface area contributed by atoms with Crippen LogP contribution in [0.3, 0.4) is 0 Å². The van der Waals surface area contributed by atoms with Crippen molar-refractivity contribution in [2.45, 2.75) is 26.2 Å². The molecule has 4 N–H and O–H groups in total. The molecule has 38 heavy (non-hydrogen) atoms. The second kappa shape index (κ2) is 10.0. The van der Waals surface area contributed by atoms with Crippen LogP contribution in [-0.4, -0.2) is 63.4 Å². The lowest BCUT2D eigenvalue weighted by atomic mass is 9.85. The Kier molecular flexibility index (Phi) is 6.62. The molecule has 0 unspecified atom stereocenters. The van der Waals surface area contributed by atoms with Crippen molar-refractivity contribution < 1.29 is 14.7 Å². The standard InChI is InChI=1S/C28H31N7O3/c1-28(2,3)22-9-8-20(16-24(22)34-11-13-35(14-12-34)27(37)38)32-26(36)21-5-4-10-29-25(21)31-19-7-6-18-17-30-33-23(18)15-19/h4-10,15-17H,11-14H2,1-3H3,(H,29,31)(H,30,33)(H,32,36)(H,37,38). The van der Waals surface area contributed by atoms with E-state index < -0.39 is 6.09 Å². The van der Waals surface area contributed by atoms with Crippen molar-refractivity contribution in [1.29, 1.82) is 0 Å². The van der Waals surface area contributed by atoms with Gasteiger partial charge in [-0.1, -0.05) is 26.8 Å². The number of H-pyrrole nitrogens is 1. The third kappa shape index (κ3) is 5.24. The first-order valence-corrected chi connectivity index (χ1v) is 12.5. The molecule has 1 aliphatic rings. The van der Waals surface area contributed by atoms with E-state index in [4.69, 9.17) is 0 Å². The topological polar surface area (TPSA) is 126 Å². The van der Waals surface area contributed by atoms with E-state index in [0.717, 1.165) is 27.8 Å². The van der Waals surface area contributed by atoms with Gasteiger partial charge in [0.15, 0.2) is 0 Å². The maximum atomic E-state index is 13.4. The highest BCUT2D eigenvalue weighted by molar-refractivity contribution is 6.08. The molecule has 1 fully saturated rings. The number of nitrogens with one attached hydrogen (secondary N) is 3. The zero-order valence-electron chi connectivity index (χ0n) is 21.7. The van der Waals surface area contributed by atoms with Gasteiger partial charge < -0.3 is 25.5 Å². The molecular weight excluding hydrogens is 482 g/mol. The number of carboxylic acid groups (broad SMARTS) is 1. The number of rotatable bonds is 5. The quantitative estimate of drug-likeness (QED) is 0.294. The van der Waals surface area contributed by atoms with E-state index in [1.165, 1.54) is 4.90 Å². The lowest BCUT2D eigenvalue weighted by molar-refractivity contribution is 0.102. The van der Waals surface area contributed by atoms with E-state index in [-0.39, 0.29) is 11.3 Å². The largest absolute Gasteiger partial charge is 0.465 e. The number of pyridine rings is 1. The van der Waals surface area contributed by atoms with Crippen molar-refractivity contribution in [3.8, 4) is 0 Å². The normalized spacial score (nSPS) is 14.0. The van der Waals surface area contributed by atoms with Gasteiger partial charge in [0.05, 0.1) is 17.3 Å². The summed E-state index contributed by atoms with van der Waals surface area (Å²) in [5.74, 6) is 0.161. The van der Waals surface area contributed by atoms with Gasteiger partial charge in [0.1, 0.15) is 5.82 Å². The fourth-order valence-electron chi connectivity index (χ4n) is 4.68. The lowest BCUT2D eigenvalue weighted by Gasteiger charge is -2.37. The van der Waals surface area contributed by atoms with Crippen LogP contribution >= 0.6 is 0 Å². The summed E-state index contributed by atoms with van der Waals surface area (Å²) in [6.07, 6.45) is 2.50. The number of aromatic amines is 1. The smallest absolute Gasteiger partial charge is 0.407 e. The monoisotopic (exact) mass is 513 g/mol. The molecule has 2 aromatic heterocycles. The highest BCUT2D eigenvalue weighted by Crippen LogP contribution is 2.35. The number of anilines is 4. The molecule has 10 nitrogen and oxygen atoms in total. The first-order chi connectivity index (χ1) is 18.2. The van der Waals surface area contributed by atoms with Crippen LogP contribution in [0.25, 0.3) is 10.9 Å². The van der Waals surface area contributed by atoms with Gasteiger partial charge in [0, 0.05) is 54.8 Å². The Labute approximate surface area is 220 Å². The number of fused-ring (bicyclic) bond motifs is 1. The zero-order valence-corrected chi connectivity index (χ0v) is 21.7. The van der Waals surface area contributed by atoms with Crippen molar-refractivity contribution in [2.24, 2.45) is 0 Å². The summed E-state index contributed by atoms with van der Waals surface area (Å²) in [6.45, 7) is 8.48. The van der Waals surface area contributed by atoms with Crippen LogP contribution in [0, 0.1) is 0 Å². The number of aromatic nitrogens is 3. The summed E-state index contributed by atoms with van der Waals surface area (Å²) in [4.78, 5) is 32.8. The van der Waals surface area contributed by atoms with Crippen molar-refractivity contribution in [1.82, 2.24) is 20.1 Å². The summed E-state index contributed by atoms with van der Waals surface area (Å²) in [7, 11) is 0. The van der Waals surface area contributed by atoms with E-state index in [2.05, 4.69) is 51.5 Å². The third-order valence-electron chi connectivity index (χ3n) is 6.71. The van der Waals surface area contributed by atoms with Gasteiger partial charge in [-0.25, -0.2) is 9.78 Å². The second-order valence-corrected chi connectivity index (χ2v) is 10.4. The average molecular weight is 514 g/mol. The number of hydrogen-bond acceptors (Lipinski definition) is 6. The van der Waals surface area contributed by atoms with E-state index in [1.54, 1.807) is 24.5 Å². The van der Waals surface area contributed by atoms with Crippen LogP contribution in [0.15, 0.2) is 60.9 Å². The van der Waals surface area contributed by atoms with Gasteiger partial charge in [0.25, 0.3) is 5.91 Å². The molecule has 10 heteroatoms. The number of piperazine rings is 1. The molecule has 1 saturated heterocycles. The van der Waals surface area contributed by atoms with Gasteiger partial charge in [-0.2, -0.15) is 5.10 Å². The van der Waals surface area contributed by atoms with Crippen LogP contribution in [0.5, 0.6) is 0 Å². The number of carbonyl (C=O) groups is 2. The Bertz CT molecular complexity index is 1480. The Morgan fingerprint density at radius 2 is 1.76 bits per heavy atom. The van der Waals surface area contributed by atoms with Gasteiger partial charge in [-0.05, 0) is 53.4 Å². The van der Waals surface area contributed by atoms with Gasteiger partial charge in [-0.3, -0.25) is 9.89 Å². The molecule has 0 spiro atoms. The number of amides is 2. The number of carbonyl (C=O) groups excluding carboxylic acids is 1. The first kappa shape index (κ1) is 25.1. The minimum absolute atomic E-state index is 0.127. The maximum absolute atomic E-state index is 13.4. The average Bonchev–Trinajstić information content (AvgIpc) is 3.36. The van der Waals surface area contributed by atoms with Gasteiger partial charge in [0.2, 0.25) is 0 Å². The fraction of sp³-hybridized carbons (Fsp3) is 0.286. The molecule has 0 aliphatic carbocycles. The number of benzene rings is 2. The van der Waals surface area contributed by atoms with Crippen molar-refractivity contribution in [3.05, 3.63) is 72.1 Å². The van der Waals surface area contributed by atoms with Gasteiger partial charge >= 0.3 is 6.09 Å². The molecule has 196 valence electrons. The number of nitrogens with zero attached hydrogens (tertiary/aromatic N) is 4. The SMILES string of the molecule is CC(C)(C)c1ccc(NC(=O)c2cccnc2Nc2ccc3cn[nH]c3c2)cc1N1CCN(C(=O)O)CC1. The van der Waals surface area contributed by atoms with Crippen molar-refractivity contribution in [2.75, 3.05) is 41.7 Å². The molecule has 0 atom stereocenters. The first-order valence-electron chi connectivity index (χ1n) is 12.5. The molecule has 4 aromatic rings. The number of hydrogen-bond donors (Lipinski definition) is 4. The third-order valence-corrected chi connectivity index (χ3v) is 6.71. The van der Waals surface area contributed by atoms with Crippen LogP contribution in [0.2, 0.25) is 0 Å². The second-order valence-electron chi connectivity index (χ2n) is 10.4. The highest BCUT2D eigenvalue weighted by Gasteiger charge is 2.26. The molecule has 0 bridgehead atoms. The summed E-state index contributed by atoms with van der Waals surface area (Å²) in [5, 5.41) is 23.6. The fourth-order valence-corrected chi connectivity index (χ4v) is 4.68. The minimum Gasteiger partial charge on any atom is -0.465 e.